The third-order valence-corrected chi connectivity index (χ3v) is 5.28. The number of hydrogen-bond acceptors (Lipinski definition) is 4. The molecular weight excluding hydrogens is 299 g/mol. The number of nitro groups is 1. The second-order valence-corrected chi connectivity index (χ2v) is 6.89. The molecule has 1 aromatic carbocycles. The third kappa shape index (κ3) is 3.76. The molecule has 118 valence electrons. The molecular formula is C13H19FN2O4S. The summed E-state index contributed by atoms with van der Waals surface area (Å²) in [5, 5.41) is 10.8. The predicted molar refractivity (Wildman–Crippen MR) is 77.1 cm³/mol. The summed E-state index contributed by atoms with van der Waals surface area (Å²) >= 11 is 0. The summed E-state index contributed by atoms with van der Waals surface area (Å²) < 4.78 is 40.9. The second kappa shape index (κ2) is 6.07. The molecule has 1 N–H and O–H groups in total. The number of rotatable bonds is 6. The highest BCUT2D eigenvalue weighted by atomic mass is 32.2. The number of sulfonamides is 1. The van der Waals surface area contributed by atoms with Gasteiger partial charge in [0, 0.05) is 11.6 Å². The Hall–Kier alpha value is -1.54. The van der Waals surface area contributed by atoms with Crippen molar-refractivity contribution >= 4 is 15.7 Å². The fraction of sp³-hybridized carbons (Fsp3) is 0.538. The van der Waals surface area contributed by atoms with E-state index in [1.165, 1.54) is 6.92 Å². The Bertz CT molecular complexity index is 654. The maximum Gasteiger partial charge on any atom is 0.306 e. The lowest BCUT2D eigenvalue weighted by atomic mass is 9.98. The van der Waals surface area contributed by atoms with Gasteiger partial charge in [-0.05, 0) is 38.3 Å². The highest BCUT2D eigenvalue weighted by molar-refractivity contribution is 7.89. The van der Waals surface area contributed by atoms with Crippen molar-refractivity contribution < 1.29 is 17.7 Å². The number of aryl methyl sites for hydroxylation is 1. The molecule has 0 atom stereocenters. The van der Waals surface area contributed by atoms with E-state index in [9.17, 15) is 22.9 Å². The van der Waals surface area contributed by atoms with E-state index in [4.69, 9.17) is 0 Å². The largest absolute Gasteiger partial charge is 0.306 e. The van der Waals surface area contributed by atoms with Gasteiger partial charge in [-0.2, -0.15) is 4.39 Å². The summed E-state index contributed by atoms with van der Waals surface area (Å²) in [4.78, 5) is 9.57. The lowest BCUT2D eigenvalue weighted by Gasteiger charge is -2.27. The van der Waals surface area contributed by atoms with Crippen LogP contribution in [0.3, 0.4) is 0 Å². The SMILES string of the molecule is CCC(C)(CC)NS(=O)(=O)c1cc(C)c(F)c([N+](=O)[O-])c1. The molecule has 0 unspecified atom stereocenters. The number of nitro benzene ring substituents is 1. The summed E-state index contributed by atoms with van der Waals surface area (Å²) in [6.07, 6.45) is 1.12. The molecule has 0 radical (unpaired) electrons. The van der Waals surface area contributed by atoms with Crippen molar-refractivity contribution in [2.45, 2.75) is 51.0 Å². The minimum atomic E-state index is -3.96. The number of nitrogens with one attached hydrogen (secondary N) is 1. The first-order valence-corrected chi connectivity index (χ1v) is 8.03. The molecule has 8 heteroatoms. The topological polar surface area (TPSA) is 89.3 Å². The molecule has 0 amide bonds. The third-order valence-electron chi connectivity index (χ3n) is 3.66. The van der Waals surface area contributed by atoms with Gasteiger partial charge in [0.1, 0.15) is 0 Å². The molecule has 0 saturated carbocycles. The van der Waals surface area contributed by atoms with Crippen molar-refractivity contribution in [3.63, 3.8) is 0 Å². The Morgan fingerprint density at radius 2 is 1.86 bits per heavy atom. The van der Waals surface area contributed by atoms with Crippen LogP contribution in [-0.2, 0) is 10.0 Å². The highest BCUT2D eigenvalue weighted by Gasteiger charge is 2.30. The maximum absolute atomic E-state index is 13.6. The lowest BCUT2D eigenvalue weighted by molar-refractivity contribution is -0.387. The molecule has 1 rings (SSSR count). The fourth-order valence-electron chi connectivity index (χ4n) is 1.78. The zero-order valence-corrected chi connectivity index (χ0v) is 13.3. The molecule has 0 aliphatic heterocycles. The normalized spacial score (nSPS) is 12.4. The van der Waals surface area contributed by atoms with Gasteiger partial charge >= 0.3 is 5.69 Å². The molecule has 6 nitrogen and oxygen atoms in total. The van der Waals surface area contributed by atoms with Crippen LogP contribution in [0.25, 0.3) is 0 Å². The average Bonchev–Trinajstić information content (AvgIpc) is 2.40. The molecule has 0 aromatic heterocycles. The monoisotopic (exact) mass is 318 g/mol. The van der Waals surface area contributed by atoms with Gasteiger partial charge in [0.25, 0.3) is 0 Å². The van der Waals surface area contributed by atoms with Crippen LogP contribution in [0, 0.1) is 22.9 Å². The Labute approximate surface area is 123 Å². The first-order chi connectivity index (χ1) is 9.56. The molecule has 0 fully saturated rings. The first-order valence-electron chi connectivity index (χ1n) is 6.55. The van der Waals surface area contributed by atoms with Crippen molar-refractivity contribution in [3.8, 4) is 0 Å². The van der Waals surface area contributed by atoms with Gasteiger partial charge in [0.05, 0.1) is 9.82 Å². The number of hydrogen-bond donors (Lipinski definition) is 1. The quantitative estimate of drug-likeness (QED) is 0.645. The fourth-order valence-corrected chi connectivity index (χ4v) is 3.44. The van der Waals surface area contributed by atoms with Gasteiger partial charge in [0.2, 0.25) is 15.8 Å². The van der Waals surface area contributed by atoms with Gasteiger partial charge in [-0.3, -0.25) is 10.1 Å². The van der Waals surface area contributed by atoms with Crippen LogP contribution in [0.1, 0.15) is 39.2 Å². The predicted octanol–water partition coefficient (Wildman–Crippen LogP) is 2.90. The van der Waals surface area contributed by atoms with E-state index in [1.807, 2.05) is 13.8 Å². The van der Waals surface area contributed by atoms with E-state index in [2.05, 4.69) is 4.72 Å². The van der Waals surface area contributed by atoms with Crippen LogP contribution in [0.2, 0.25) is 0 Å². The van der Waals surface area contributed by atoms with E-state index in [0.29, 0.717) is 12.8 Å². The van der Waals surface area contributed by atoms with Crippen molar-refractivity contribution in [1.29, 1.82) is 0 Å². The number of halogens is 1. The smallest absolute Gasteiger partial charge is 0.258 e. The van der Waals surface area contributed by atoms with E-state index in [0.717, 1.165) is 12.1 Å². The molecule has 0 bridgehead atoms. The van der Waals surface area contributed by atoms with Crippen molar-refractivity contribution in [3.05, 3.63) is 33.6 Å². The Kier molecular flexibility index (Phi) is 5.06. The van der Waals surface area contributed by atoms with Crippen LogP contribution in [0.15, 0.2) is 17.0 Å². The van der Waals surface area contributed by atoms with E-state index in [1.54, 1.807) is 6.92 Å². The number of nitrogens with zero attached hydrogens (tertiary/aromatic N) is 1. The second-order valence-electron chi connectivity index (χ2n) is 5.20. The minimum Gasteiger partial charge on any atom is -0.258 e. The van der Waals surface area contributed by atoms with Gasteiger partial charge < -0.3 is 0 Å². The summed E-state index contributed by atoms with van der Waals surface area (Å²) in [6.45, 7) is 6.71. The Morgan fingerprint density at radius 1 is 1.33 bits per heavy atom. The lowest BCUT2D eigenvalue weighted by Crippen LogP contribution is -2.44. The van der Waals surface area contributed by atoms with Crippen LogP contribution < -0.4 is 4.72 Å². The van der Waals surface area contributed by atoms with Gasteiger partial charge in [-0.1, -0.05) is 13.8 Å². The Morgan fingerprint density at radius 3 is 2.29 bits per heavy atom. The van der Waals surface area contributed by atoms with Crippen molar-refractivity contribution in [1.82, 2.24) is 4.72 Å². The molecule has 21 heavy (non-hydrogen) atoms. The van der Waals surface area contributed by atoms with E-state index >= 15 is 0 Å². The first kappa shape index (κ1) is 17.5. The molecule has 1 aromatic rings. The maximum atomic E-state index is 13.6. The summed E-state index contributed by atoms with van der Waals surface area (Å²) in [7, 11) is -3.96. The summed E-state index contributed by atoms with van der Waals surface area (Å²) in [5.74, 6) is -1.02. The Balaban J connectivity index is 3.36. The van der Waals surface area contributed by atoms with E-state index < -0.39 is 32.0 Å². The average molecular weight is 318 g/mol. The summed E-state index contributed by atoms with van der Waals surface area (Å²) in [6, 6.07) is 1.84. The van der Waals surface area contributed by atoms with Crippen LogP contribution >= 0.6 is 0 Å². The molecule has 0 heterocycles. The van der Waals surface area contributed by atoms with Crippen LogP contribution in [0.4, 0.5) is 10.1 Å². The standard InChI is InChI=1S/C13H19FN2O4S/c1-5-13(4,6-2)15-21(19,20)10-7-9(3)12(14)11(8-10)16(17)18/h7-8,15H,5-6H2,1-4H3. The zero-order valence-electron chi connectivity index (χ0n) is 12.4. The molecule has 0 aliphatic carbocycles. The van der Waals surface area contributed by atoms with Crippen molar-refractivity contribution in [2.75, 3.05) is 0 Å². The molecule has 0 aliphatic rings. The van der Waals surface area contributed by atoms with Gasteiger partial charge in [-0.25, -0.2) is 13.1 Å². The minimum absolute atomic E-state index is 0.0840. The van der Waals surface area contributed by atoms with Crippen LogP contribution in [-0.4, -0.2) is 18.9 Å². The van der Waals surface area contributed by atoms with Crippen LogP contribution in [0.5, 0.6) is 0 Å². The highest BCUT2D eigenvalue weighted by Crippen LogP contribution is 2.26. The summed E-state index contributed by atoms with van der Waals surface area (Å²) in [5.41, 5.74) is -1.58. The zero-order chi connectivity index (χ0) is 16.4. The van der Waals surface area contributed by atoms with Gasteiger partial charge in [-0.15, -0.1) is 0 Å². The van der Waals surface area contributed by atoms with E-state index in [-0.39, 0.29) is 10.5 Å². The molecule has 0 spiro atoms. The van der Waals surface area contributed by atoms with Crippen molar-refractivity contribution in [2.24, 2.45) is 0 Å². The number of benzene rings is 1. The van der Waals surface area contributed by atoms with Gasteiger partial charge in [0.15, 0.2) is 0 Å². The molecule has 0 saturated heterocycles.